The summed E-state index contributed by atoms with van der Waals surface area (Å²) in [6, 6.07) is 14.4. The van der Waals surface area contributed by atoms with Crippen molar-refractivity contribution in [3.8, 4) is 11.5 Å². The largest absolute Gasteiger partial charge is 0.493 e. The fourth-order valence-electron chi connectivity index (χ4n) is 2.66. The number of carbonyl (C=O) groups is 2. The highest BCUT2D eigenvalue weighted by Gasteiger charge is 2.30. The van der Waals surface area contributed by atoms with Gasteiger partial charge in [0, 0.05) is 6.42 Å². The zero-order valence-electron chi connectivity index (χ0n) is 13.9. The van der Waals surface area contributed by atoms with E-state index in [1.807, 2.05) is 24.3 Å². The van der Waals surface area contributed by atoms with Gasteiger partial charge in [0.25, 0.3) is 5.91 Å². The number of esters is 1. The number of nitrogens with one attached hydrogen (secondary N) is 1. The van der Waals surface area contributed by atoms with Gasteiger partial charge in [-0.3, -0.25) is 4.79 Å². The van der Waals surface area contributed by atoms with Crippen LogP contribution in [0.5, 0.6) is 11.5 Å². The lowest BCUT2D eigenvalue weighted by Crippen LogP contribution is -2.43. The molecule has 0 radical (unpaired) electrons. The van der Waals surface area contributed by atoms with Gasteiger partial charge in [0.2, 0.25) is 0 Å². The summed E-state index contributed by atoms with van der Waals surface area (Å²) in [5.41, 5.74) is 1.34. The zero-order chi connectivity index (χ0) is 17.6. The average molecular weight is 341 g/mol. The third kappa shape index (κ3) is 3.91. The number of para-hydroxylation sites is 2. The minimum absolute atomic E-state index is 0.281. The zero-order valence-corrected chi connectivity index (χ0v) is 13.9. The van der Waals surface area contributed by atoms with Gasteiger partial charge in [-0.2, -0.15) is 0 Å². The maximum Gasteiger partial charge on any atom is 0.339 e. The van der Waals surface area contributed by atoms with Gasteiger partial charge in [0.15, 0.2) is 17.6 Å². The highest BCUT2D eigenvalue weighted by molar-refractivity contribution is 5.95. The maximum absolute atomic E-state index is 12.2. The smallest absolute Gasteiger partial charge is 0.339 e. The second-order valence-corrected chi connectivity index (χ2v) is 5.55. The molecule has 1 heterocycles. The molecule has 0 saturated heterocycles. The number of hydrogen-bond donors (Lipinski definition) is 1. The number of hydrogen-bond acceptors (Lipinski definition) is 5. The van der Waals surface area contributed by atoms with E-state index < -0.39 is 12.1 Å². The van der Waals surface area contributed by atoms with Crippen LogP contribution in [0.2, 0.25) is 0 Å². The SMILES string of the molecule is COc1ccccc1OCCNC(=O)[C@H]1Cc2ccccc2C(=O)O1. The second kappa shape index (κ2) is 7.70. The van der Waals surface area contributed by atoms with Crippen LogP contribution in [0.1, 0.15) is 15.9 Å². The molecule has 0 fully saturated rings. The normalized spacial score (nSPS) is 15.7. The molecule has 3 rings (SSSR count). The van der Waals surface area contributed by atoms with Crippen molar-refractivity contribution in [3.05, 3.63) is 59.7 Å². The Bertz CT molecular complexity index is 774. The fraction of sp³-hybridized carbons (Fsp3) is 0.263. The molecule has 1 aliphatic heterocycles. The lowest BCUT2D eigenvalue weighted by molar-refractivity contribution is -0.130. The van der Waals surface area contributed by atoms with Gasteiger partial charge in [-0.05, 0) is 23.8 Å². The standard InChI is InChI=1S/C19H19NO5/c1-23-15-8-4-5-9-16(15)24-11-10-20-18(21)17-12-13-6-2-3-7-14(13)19(22)25-17/h2-9,17H,10-12H2,1H3,(H,20,21)/t17-/m1/s1. The Morgan fingerprint density at radius 3 is 2.68 bits per heavy atom. The van der Waals surface area contributed by atoms with Crippen molar-refractivity contribution in [1.82, 2.24) is 5.32 Å². The first kappa shape index (κ1) is 16.8. The van der Waals surface area contributed by atoms with E-state index in [2.05, 4.69) is 5.32 Å². The number of rotatable bonds is 6. The molecule has 0 bridgehead atoms. The summed E-state index contributed by atoms with van der Waals surface area (Å²) in [6.07, 6.45) is -0.435. The van der Waals surface area contributed by atoms with Gasteiger partial charge < -0.3 is 19.5 Å². The molecule has 2 aromatic carbocycles. The highest BCUT2D eigenvalue weighted by Crippen LogP contribution is 2.25. The fourth-order valence-corrected chi connectivity index (χ4v) is 2.66. The summed E-state index contributed by atoms with van der Waals surface area (Å²) in [5.74, 6) is 0.447. The number of carbonyl (C=O) groups excluding carboxylic acids is 2. The van der Waals surface area contributed by atoms with E-state index in [1.165, 1.54) is 0 Å². The molecule has 0 saturated carbocycles. The molecule has 0 spiro atoms. The van der Waals surface area contributed by atoms with E-state index in [-0.39, 0.29) is 12.5 Å². The van der Waals surface area contributed by atoms with Crippen LogP contribution in [0.15, 0.2) is 48.5 Å². The third-order valence-electron chi connectivity index (χ3n) is 3.91. The number of amides is 1. The lowest BCUT2D eigenvalue weighted by atomic mass is 9.98. The number of cyclic esters (lactones) is 1. The Balaban J connectivity index is 1.50. The van der Waals surface area contributed by atoms with Crippen molar-refractivity contribution >= 4 is 11.9 Å². The van der Waals surface area contributed by atoms with Crippen molar-refractivity contribution in [1.29, 1.82) is 0 Å². The average Bonchev–Trinajstić information content (AvgIpc) is 2.65. The summed E-state index contributed by atoms with van der Waals surface area (Å²) in [5, 5.41) is 2.73. The topological polar surface area (TPSA) is 73.9 Å². The minimum atomic E-state index is -0.811. The van der Waals surface area contributed by atoms with E-state index in [0.717, 1.165) is 5.56 Å². The molecular formula is C19H19NO5. The quantitative estimate of drug-likeness (QED) is 0.642. The molecule has 25 heavy (non-hydrogen) atoms. The Labute approximate surface area is 145 Å². The predicted octanol–water partition coefficient (Wildman–Crippen LogP) is 1.97. The van der Waals surface area contributed by atoms with Crippen LogP contribution in [0, 0.1) is 0 Å². The van der Waals surface area contributed by atoms with Crippen LogP contribution in [0.3, 0.4) is 0 Å². The van der Waals surface area contributed by atoms with E-state index >= 15 is 0 Å². The predicted molar refractivity (Wildman–Crippen MR) is 90.8 cm³/mol. The van der Waals surface area contributed by atoms with Crippen molar-refractivity contribution < 1.29 is 23.8 Å². The van der Waals surface area contributed by atoms with Crippen LogP contribution in [-0.4, -0.2) is 38.2 Å². The molecule has 130 valence electrons. The Morgan fingerprint density at radius 1 is 1.16 bits per heavy atom. The summed E-state index contributed by atoms with van der Waals surface area (Å²) < 4.78 is 16.0. The molecule has 1 N–H and O–H groups in total. The van der Waals surface area contributed by atoms with Crippen LogP contribution in [0.25, 0.3) is 0 Å². The molecule has 1 aliphatic rings. The van der Waals surface area contributed by atoms with Crippen LogP contribution in [-0.2, 0) is 16.0 Å². The van der Waals surface area contributed by atoms with Crippen molar-refractivity contribution in [2.45, 2.75) is 12.5 Å². The van der Waals surface area contributed by atoms with E-state index in [1.54, 1.807) is 31.4 Å². The van der Waals surface area contributed by atoms with E-state index in [4.69, 9.17) is 14.2 Å². The van der Waals surface area contributed by atoms with Gasteiger partial charge in [-0.1, -0.05) is 30.3 Å². The molecular weight excluding hydrogens is 322 g/mol. The molecule has 0 aliphatic carbocycles. The van der Waals surface area contributed by atoms with Gasteiger partial charge in [0.05, 0.1) is 19.2 Å². The summed E-state index contributed by atoms with van der Waals surface area (Å²) in [7, 11) is 1.57. The number of fused-ring (bicyclic) bond motifs is 1. The maximum atomic E-state index is 12.2. The molecule has 1 amide bonds. The first-order chi connectivity index (χ1) is 12.2. The summed E-state index contributed by atoms with van der Waals surface area (Å²) in [6.45, 7) is 0.579. The lowest BCUT2D eigenvalue weighted by Gasteiger charge is -2.23. The molecule has 1 atom stereocenters. The first-order valence-electron chi connectivity index (χ1n) is 8.01. The van der Waals surface area contributed by atoms with Crippen LogP contribution >= 0.6 is 0 Å². The Hall–Kier alpha value is -3.02. The van der Waals surface area contributed by atoms with E-state index in [0.29, 0.717) is 30.0 Å². The van der Waals surface area contributed by atoms with Crippen LogP contribution < -0.4 is 14.8 Å². The van der Waals surface area contributed by atoms with Crippen molar-refractivity contribution in [3.63, 3.8) is 0 Å². The molecule has 0 aromatic heterocycles. The number of methoxy groups -OCH3 is 1. The monoisotopic (exact) mass is 341 g/mol. The van der Waals surface area contributed by atoms with Crippen molar-refractivity contribution in [2.24, 2.45) is 0 Å². The Morgan fingerprint density at radius 2 is 1.88 bits per heavy atom. The minimum Gasteiger partial charge on any atom is -0.493 e. The van der Waals surface area contributed by atoms with Gasteiger partial charge in [-0.25, -0.2) is 4.79 Å². The highest BCUT2D eigenvalue weighted by atomic mass is 16.5. The first-order valence-corrected chi connectivity index (χ1v) is 8.01. The number of benzene rings is 2. The van der Waals surface area contributed by atoms with E-state index in [9.17, 15) is 9.59 Å². The molecule has 2 aromatic rings. The van der Waals surface area contributed by atoms with Gasteiger partial charge in [-0.15, -0.1) is 0 Å². The van der Waals surface area contributed by atoms with Gasteiger partial charge in [0.1, 0.15) is 6.61 Å². The summed E-state index contributed by atoms with van der Waals surface area (Å²) in [4.78, 5) is 24.2. The van der Waals surface area contributed by atoms with Gasteiger partial charge >= 0.3 is 5.97 Å². The molecule has 6 nitrogen and oxygen atoms in total. The number of ether oxygens (including phenoxy) is 3. The second-order valence-electron chi connectivity index (χ2n) is 5.55. The molecule has 0 unspecified atom stereocenters. The third-order valence-corrected chi connectivity index (χ3v) is 3.91. The summed E-state index contributed by atoms with van der Waals surface area (Å²) >= 11 is 0. The molecule has 6 heteroatoms. The van der Waals surface area contributed by atoms with Crippen molar-refractivity contribution in [2.75, 3.05) is 20.3 Å². The van der Waals surface area contributed by atoms with Crippen LogP contribution in [0.4, 0.5) is 0 Å². The Kier molecular flexibility index (Phi) is 5.18.